The average Bonchev–Trinajstić information content (AvgIpc) is 2.16. The Morgan fingerprint density at radius 1 is 1.53 bits per heavy atom. The molecule has 0 bridgehead atoms. The molecule has 7 heteroatoms. The van der Waals surface area contributed by atoms with Crippen LogP contribution in [0.3, 0.4) is 0 Å². The van der Waals surface area contributed by atoms with E-state index in [1.54, 1.807) is 0 Å². The summed E-state index contributed by atoms with van der Waals surface area (Å²) in [6.07, 6.45) is -2.95. The fraction of sp³-hybridized carbons (Fsp3) is 0.625. The van der Waals surface area contributed by atoms with Crippen LogP contribution in [0.25, 0.3) is 0 Å². The van der Waals surface area contributed by atoms with Crippen molar-refractivity contribution in [2.75, 3.05) is 19.7 Å². The zero-order valence-electron chi connectivity index (χ0n) is 7.80. The van der Waals surface area contributed by atoms with Crippen molar-refractivity contribution in [3.05, 3.63) is 12.7 Å². The number of hydrogen-bond acceptors (Lipinski definition) is 2. The van der Waals surface area contributed by atoms with Gasteiger partial charge < -0.3 is 10.0 Å². The molecule has 0 atom stereocenters. The van der Waals surface area contributed by atoms with E-state index in [0.717, 1.165) is 6.08 Å². The molecule has 0 spiro atoms. The molecule has 0 radical (unpaired) electrons. The van der Waals surface area contributed by atoms with Gasteiger partial charge in [0.1, 0.15) is 0 Å². The monoisotopic (exact) mass is 229 g/mol. The summed E-state index contributed by atoms with van der Waals surface area (Å²) in [7, 11) is 0. The number of rotatable bonds is 6. The summed E-state index contributed by atoms with van der Waals surface area (Å²) in [6.45, 7) is 1.84. The van der Waals surface area contributed by atoms with E-state index in [4.69, 9.17) is 5.11 Å². The van der Waals surface area contributed by atoms with E-state index in [2.05, 4.69) is 6.58 Å². The zero-order valence-corrected chi connectivity index (χ0v) is 7.80. The highest BCUT2D eigenvalue weighted by molar-refractivity contribution is 5.84. The Bertz CT molecular complexity index is 233. The van der Waals surface area contributed by atoms with Gasteiger partial charge in [0.05, 0.1) is 6.61 Å². The van der Waals surface area contributed by atoms with Gasteiger partial charge in [-0.25, -0.2) is 8.78 Å². The molecule has 0 heterocycles. The average molecular weight is 229 g/mol. The quantitative estimate of drug-likeness (QED) is 0.543. The van der Waals surface area contributed by atoms with Crippen molar-refractivity contribution in [2.45, 2.75) is 12.3 Å². The van der Waals surface area contributed by atoms with E-state index in [-0.39, 0.29) is 6.54 Å². The van der Waals surface area contributed by atoms with Crippen molar-refractivity contribution < 1.29 is 27.5 Å². The van der Waals surface area contributed by atoms with Crippen molar-refractivity contribution in [1.82, 2.24) is 4.90 Å². The van der Waals surface area contributed by atoms with E-state index in [1.165, 1.54) is 0 Å². The molecule has 0 rings (SSSR count). The molecule has 0 saturated carbocycles. The number of carbonyl (C=O) groups is 1. The van der Waals surface area contributed by atoms with Crippen LogP contribution in [0, 0.1) is 0 Å². The van der Waals surface area contributed by atoms with Crippen LogP contribution in [0.15, 0.2) is 12.7 Å². The van der Waals surface area contributed by atoms with Crippen LogP contribution in [0.5, 0.6) is 0 Å². The number of carbonyl (C=O) groups excluding carboxylic acids is 1. The Balaban J connectivity index is 4.68. The van der Waals surface area contributed by atoms with Gasteiger partial charge in [-0.05, 0) is 0 Å². The predicted octanol–water partition coefficient (Wildman–Crippen LogP) is 0.894. The number of hydrogen-bond donors (Lipinski definition) is 1. The van der Waals surface area contributed by atoms with Crippen LogP contribution in [0.1, 0.15) is 0 Å². The Morgan fingerprint density at radius 2 is 2.07 bits per heavy atom. The van der Waals surface area contributed by atoms with Gasteiger partial charge in [-0.3, -0.25) is 4.79 Å². The topological polar surface area (TPSA) is 40.5 Å². The minimum Gasteiger partial charge on any atom is -0.395 e. The van der Waals surface area contributed by atoms with Crippen molar-refractivity contribution >= 4 is 5.91 Å². The molecule has 0 aromatic heterocycles. The molecule has 1 amide bonds. The maximum Gasteiger partial charge on any atom is 0.383 e. The van der Waals surface area contributed by atoms with Crippen molar-refractivity contribution in [2.24, 2.45) is 0 Å². The van der Waals surface area contributed by atoms with Gasteiger partial charge in [0.2, 0.25) is 0 Å². The lowest BCUT2D eigenvalue weighted by Gasteiger charge is -2.24. The first-order valence-corrected chi connectivity index (χ1v) is 4.05. The molecule has 0 saturated heterocycles. The zero-order chi connectivity index (χ0) is 12.1. The molecule has 0 aliphatic heterocycles. The normalized spacial score (nSPS) is 11.6. The Hall–Kier alpha value is -1.11. The number of aliphatic hydroxyl groups excluding tert-OH is 1. The molecule has 3 nitrogen and oxygen atoms in total. The second-order valence-electron chi connectivity index (χ2n) is 2.69. The molecular weight excluding hydrogens is 218 g/mol. The highest BCUT2D eigenvalue weighted by Gasteiger charge is 2.50. The summed E-state index contributed by atoms with van der Waals surface area (Å²) >= 11 is 0. The standard InChI is InChI=1S/C8H11F4NO2/c1-2-3-13(4-5-14)7(15)8(11,12)6(9)10/h2,6,14H,1,3-5H2. The molecule has 1 N–H and O–H groups in total. The van der Waals surface area contributed by atoms with Crippen LogP contribution in [0.4, 0.5) is 17.6 Å². The fourth-order valence-corrected chi connectivity index (χ4v) is 0.856. The lowest BCUT2D eigenvalue weighted by molar-refractivity contribution is -0.180. The van der Waals surface area contributed by atoms with Crippen LogP contribution in [-0.4, -0.2) is 48.0 Å². The van der Waals surface area contributed by atoms with Gasteiger partial charge in [0.25, 0.3) is 5.91 Å². The van der Waals surface area contributed by atoms with E-state index < -0.39 is 31.4 Å². The molecule has 15 heavy (non-hydrogen) atoms. The highest BCUT2D eigenvalue weighted by atomic mass is 19.3. The largest absolute Gasteiger partial charge is 0.395 e. The van der Waals surface area contributed by atoms with Gasteiger partial charge >= 0.3 is 12.3 Å². The third kappa shape index (κ3) is 3.50. The van der Waals surface area contributed by atoms with E-state index in [9.17, 15) is 22.4 Å². The Morgan fingerprint density at radius 3 is 2.40 bits per heavy atom. The molecule has 0 aromatic carbocycles. The van der Waals surface area contributed by atoms with E-state index in [0.29, 0.717) is 4.90 Å². The number of nitrogens with zero attached hydrogens (tertiary/aromatic N) is 1. The predicted molar refractivity (Wildman–Crippen MR) is 44.8 cm³/mol. The molecule has 0 aliphatic carbocycles. The molecule has 0 aromatic rings. The smallest absolute Gasteiger partial charge is 0.383 e. The first-order valence-electron chi connectivity index (χ1n) is 4.05. The maximum atomic E-state index is 12.6. The van der Waals surface area contributed by atoms with Gasteiger partial charge in [0, 0.05) is 13.1 Å². The van der Waals surface area contributed by atoms with Gasteiger partial charge in [-0.15, -0.1) is 6.58 Å². The van der Waals surface area contributed by atoms with E-state index >= 15 is 0 Å². The third-order valence-corrected chi connectivity index (χ3v) is 1.57. The Kier molecular flexibility index (Phi) is 5.27. The summed E-state index contributed by atoms with van der Waals surface area (Å²) in [6, 6.07) is 0. The summed E-state index contributed by atoms with van der Waals surface area (Å²) in [5.41, 5.74) is 0. The fourth-order valence-electron chi connectivity index (χ4n) is 0.856. The van der Waals surface area contributed by atoms with E-state index in [1.807, 2.05) is 0 Å². The second kappa shape index (κ2) is 5.69. The van der Waals surface area contributed by atoms with Gasteiger partial charge in [-0.1, -0.05) is 6.08 Å². The molecule has 88 valence electrons. The molecule has 0 fully saturated rings. The van der Waals surface area contributed by atoms with Crippen LogP contribution < -0.4 is 0 Å². The van der Waals surface area contributed by atoms with Gasteiger partial charge in [0.15, 0.2) is 0 Å². The van der Waals surface area contributed by atoms with Crippen LogP contribution in [0.2, 0.25) is 0 Å². The summed E-state index contributed by atoms with van der Waals surface area (Å²) < 4.78 is 48.8. The number of alkyl halides is 4. The minimum atomic E-state index is -4.72. The highest BCUT2D eigenvalue weighted by Crippen LogP contribution is 2.25. The Labute approximate surface area is 84.0 Å². The first kappa shape index (κ1) is 13.9. The lowest BCUT2D eigenvalue weighted by atomic mass is 10.3. The second-order valence-corrected chi connectivity index (χ2v) is 2.69. The molecule has 0 unspecified atom stereocenters. The van der Waals surface area contributed by atoms with Crippen molar-refractivity contribution in [3.63, 3.8) is 0 Å². The van der Waals surface area contributed by atoms with Crippen molar-refractivity contribution in [1.29, 1.82) is 0 Å². The summed E-state index contributed by atoms with van der Waals surface area (Å²) in [5.74, 6) is -6.73. The van der Waals surface area contributed by atoms with Crippen molar-refractivity contribution in [3.8, 4) is 0 Å². The molecule has 0 aliphatic rings. The van der Waals surface area contributed by atoms with Gasteiger partial charge in [-0.2, -0.15) is 8.78 Å². The van der Waals surface area contributed by atoms with Crippen LogP contribution >= 0.6 is 0 Å². The summed E-state index contributed by atoms with van der Waals surface area (Å²) in [5, 5.41) is 8.46. The molecular formula is C8H11F4NO2. The number of amides is 1. The summed E-state index contributed by atoms with van der Waals surface area (Å²) in [4.78, 5) is 11.3. The third-order valence-electron chi connectivity index (χ3n) is 1.57. The number of halogens is 4. The maximum absolute atomic E-state index is 12.6. The lowest BCUT2D eigenvalue weighted by Crippen LogP contribution is -2.48. The SMILES string of the molecule is C=CCN(CCO)C(=O)C(F)(F)C(F)F. The minimum absolute atomic E-state index is 0.318. The first-order chi connectivity index (χ1) is 6.87. The number of aliphatic hydroxyl groups is 1. The van der Waals surface area contributed by atoms with Crippen LogP contribution in [-0.2, 0) is 4.79 Å².